The van der Waals surface area contributed by atoms with Gasteiger partial charge in [0.25, 0.3) is 0 Å². The number of ether oxygens (including phenoxy) is 1. The first-order valence-corrected chi connectivity index (χ1v) is 10.5. The van der Waals surface area contributed by atoms with Crippen LogP contribution >= 0.6 is 11.8 Å². The monoisotopic (exact) mass is 415 g/mol. The minimum atomic E-state index is -0.883. The number of nitrogens with zero attached hydrogens (tertiary/aromatic N) is 1. The number of carbonyl (C=O) groups is 1. The molecule has 2 aromatic carbocycles. The molecule has 0 spiro atoms. The Morgan fingerprint density at radius 3 is 2.47 bits per heavy atom. The number of carboxylic acids is 1. The van der Waals surface area contributed by atoms with Gasteiger partial charge in [-0.15, -0.1) is 0 Å². The maximum atomic E-state index is 12.0. The number of allylic oxidation sites excluding steroid dienone is 4. The minimum Gasteiger partial charge on any atom is -0.497 e. The molecular weight excluding hydrogens is 394 g/mol. The normalized spacial score (nSPS) is 13.7. The average Bonchev–Trinajstić information content (AvgIpc) is 3.33. The lowest BCUT2D eigenvalue weighted by molar-refractivity contribution is -0.136. The van der Waals surface area contributed by atoms with E-state index >= 15 is 0 Å². The van der Waals surface area contributed by atoms with Gasteiger partial charge in [0.1, 0.15) is 11.0 Å². The molecule has 0 aliphatic heterocycles. The molecule has 1 aliphatic carbocycles. The van der Waals surface area contributed by atoms with Gasteiger partial charge in [-0.2, -0.15) is 0 Å². The van der Waals surface area contributed by atoms with Crippen molar-refractivity contribution in [2.75, 3.05) is 7.11 Å². The van der Waals surface area contributed by atoms with Gasteiger partial charge in [0.2, 0.25) is 0 Å². The van der Waals surface area contributed by atoms with Crippen LogP contribution in [-0.4, -0.2) is 23.2 Å². The van der Waals surface area contributed by atoms with Crippen LogP contribution in [0.25, 0.3) is 16.7 Å². The third-order valence-corrected chi connectivity index (χ3v) is 6.05. The number of methoxy groups -OCH3 is 1. The fraction of sp³-hybridized carbons (Fsp3) is 0.120. The van der Waals surface area contributed by atoms with Crippen LogP contribution in [-0.2, 0) is 4.79 Å². The highest BCUT2D eigenvalue weighted by Gasteiger charge is 2.23. The average molecular weight is 416 g/mol. The predicted octanol–water partition coefficient (Wildman–Crippen LogP) is 6.02. The van der Waals surface area contributed by atoms with Gasteiger partial charge in [0, 0.05) is 0 Å². The van der Waals surface area contributed by atoms with Crippen LogP contribution in [0.2, 0.25) is 0 Å². The van der Waals surface area contributed by atoms with Crippen LogP contribution in [0, 0.1) is 0 Å². The van der Waals surface area contributed by atoms with Crippen LogP contribution < -0.4 is 4.74 Å². The maximum Gasteiger partial charge on any atom is 0.321 e. The Labute approximate surface area is 179 Å². The van der Waals surface area contributed by atoms with Gasteiger partial charge >= 0.3 is 5.97 Å². The standard InChI is InChI=1S/C25H21NO3S/c1-29-21-13-11-17(12-14-21)20-15-22(18-7-5-6-8-18)26-23(16-20)30-24(25(27)28)19-9-3-2-4-10-19/h2-7,9-16,24H,8H2,1H3,(H,27,28). The smallest absolute Gasteiger partial charge is 0.321 e. The Morgan fingerprint density at radius 2 is 1.83 bits per heavy atom. The lowest BCUT2D eigenvalue weighted by Crippen LogP contribution is -2.08. The van der Waals surface area contributed by atoms with E-state index in [2.05, 4.69) is 18.2 Å². The number of carboxylic acid groups (broad SMARTS) is 1. The third kappa shape index (κ3) is 4.47. The molecule has 0 radical (unpaired) electrons. The van der Waals surface area contributed by atoms with E-state index in [1.807, 2.05) is 66.7 Å². The number of benzene rings is 2. The molecule has 1 heterocycles. The molecule has 1 atom stereocenters. The summed E-state index contributed by atoms with van der Waals surface area (Å²) in [7, 11) is 1.64. The van der Waals surface area contributed by atoms with Crippen molar-refractivity contribution >= 4 is 23.3 Å². The van der Waals surface area contributed by atoms with Crippen molar-refractivity contribution in [3.8, 4) is 16.9 Å². The molecule has 0 saturated heterocycles. The van der Waals surface area contributed by atoms with Crippen LogP contribution in [0.15, 0.2) is 90.0 Å². The number of hydrogen-bond donors (Lipinski definition) is 1. The van der Waals surface area contributed by atoms with E-state index < -0.39 is 11.2 Å². The zero-order chi connectivity index (χ0) is 20.9. The highest BCUT2D eigenvalue weighted by Crippen LogP contribution is 2.38. The number of aliphatic carboxylic acids is 1. The van der Waals surface area contributed by atoms with E-state index in [1.54, 1.807) is 7.11 Å². The number of pyridine rings is 1. The maximum absolute atomic E-state index is 12.0. The van der Waals surface area contributed by atoms with Gasteiger partial charge in [0.05, 0.1) is 17.8 Å². The second-order valence-corrected chi connectivity index (χ2v) is 8.00. The molecule has 150 valence electrons. The first kappa shape index (κ1) is 20.0. The number of rotatable bonds is 7. The molecule has 4 nitrogen and oxygen atoms in total. The van der Waals surface area contributed by atoms with Crippen LogP contribution in [0.4, 0.5) is 0 Å². The molecule has 4 rings (SSSR count). The Bertz CT molecular complexity index is 1100. The molecule has 1 aromatic heterocycles. The van der Waals surface area contributed by atoms with E-state index in [4.69, 9.17) is 9.72 Å². The summed E-state index contributed by atoms with van der Waals surface area (Å²) in [5.41, 5.74) is 4.76. The van der Waals surface area contributed by atoms with Gasteiger partial charge in [-0.1, -0.05) is 72.5 Å². The molecule has 0 fully saturated rings. The van der Waals surface area contributed by atoms with Crippen molar-refractivity contribution in [3.63, 3.8) is 0 Å². The van der Waals surface area contributed by atoms with Crippen LogP contribution in [0.3, 0.4) is 0 Å². The van der Waals surface area contributed by atoms with Crippen molar-refractivity contribution < 1.29 is 14.6 Å². The van der Waals surface area contributed by atoms with E-state index in [0.29, 0.717) is 5.03 Å². The summed E-state index contributed by atoms with van der Waals surface area (Å²) in [5.74, 6) is -0.0912. The van der Waals surface area contributed by atoms with Crippen molar-refractivity contribution in [3.05, 3.63) is 96.2 Å². The largest absolute Gasteiger partial charge is 0.497 e. The van der Waals surface area contributed by atoms with Gasteiger partial charge in [0.15, 0.2) is 0 Å². The van der Waals surface area contributed by atoms with Gasteiger partial charge in [-0.25, -0.2) is 4.98 Å². The number of hydrogen-bond acceptors (Lipinski definition) is 4. The Morgan fingerprint density at radius 1 is 1.07 bits per heavy atom. The second kappa shape index (κ2) is 9.01. The topological polar surface area (TPSA) is 59.4 Å². The highest BCUT2D eigenvalue weighted by molar-refractivity contribution is 8.00. The molecule has 1 aliphatic rings. The van der Waals surface area contributed by atoms with Gasteiger partial charge < -0.3 is 9.84 Å². The predicted molar refractivity (Wildman–Crippen MR) is 121 cm³/mol. The molecule has 5 heteroatoms. The lowest BCUT2D eigenvalue weighted by Gasteiger charge is -2.15. The minimum absolute atomic E-state index is 0.683. The highest BCUT2D eigenvalue weighted by atomic mass is 32.2. The summed E-state index contributed by atoms with van der Waals surface area (Å²) >= 11 is 1.26. The van der Waals surface area contributed by atoms with Crippen molar-refractivity contribution in [2.45, 2.75) is 16.7 Å². The second-order valence-electron chi connectivity index (χ2n) is 6.88. The van der Waals surface area contributed by atoms with Crippen LogP contribution in [0.5, 0.6) is 5.75 Å². The van der Waals surface area contributed by atoms with E-state index in [0.717, 1.165) is 40.1 Å². The van der Waals surface area contributed by atoms with Crippen LogP contribution in [0.1, 0.15) is 22.9 Å². The van der Waals surface area contributed by atoms with E-state index in [1.165, 1.54) is 11.8 Å². The van der Waals surface area contributed by atoms with Crippen molar-refractivity contribution in [1.82, 2.24) is 4.98 Å². The number of aromatic nitrogens is 1. The first-order valence-electron chi connectivity index (χ1n) is 9.61. The Kier molecular flexibility index (Phi) is 6.00. The lowest BCUT2D eigenvalue weighted by atomic mass is 10.0. The van der Waals surface area contributed by atoms with Crippen molar-refractivity contribution in [2.24, 2.45) is 0 Å². The summed E-state index contributed by atoms with van der Waals surface area (Å²) in [5, 5.41) is 9.78. The summed E-state index contributed by atoms with van der Waals surface area (Å²) in [4.78, 5) is 16.8. The molecule has 30 heavy (non-hydrogen) atoms. The molecule has 0 saturated carbocycles. The fourth-order valence-electron chi connectivity index (χ4n) is 3.33. The third-order valence-electron chi connectivity index (χ3n) is 4.89. The fourth-order valence-corrected chi connectivity index (χ4v) is 4.31. The summed E-state index contributed by atoms with van der Waals surface area (Å²) in [6.07, 6.45) is 6.99. The molecule has 0 bridgehead atoms. The molecular formula is C25H21NO3S. The van der Waals surface area contributed by atoms with E-state index in [9.17, 15) is 9.90 Å². The van der Waals surface area contributed by atoms with E-state index in [-0.39, 0.29) is 0 Å². The Balaban J connectivity index is 1.74. The Hall–Kier alpha value is -3.31. The molecule has 3 aromatic rings. The zero-order valence-corrected chi connectivity index (χ0v) is 17.3. The summed E-state index contributed by atoms with van der Waals surface area (Å²) in [6, 6.07) is 21.1. The van der Waals surface area contributed by atoms with Crippen molar-refractivity contribution in [1.29, 1.82) is 0 Å². The summed E-state index contributed by atoms with van der Waals surface area (Å²) < 4.78 is 5.26. The first-order chi connectivity index (χ1) is 14.6. The molecule has 1 N–H and O–H groups in total. The molecule has 1 unspecified atom stereocenters. The summed E-state index contributed by atoms with van der Waals surface area (Å²) in [6.45, 7) is 0. The molecule has 0 amide bonds. The van der Waals surface area contributed by atoms with Gasteiger partial charge in [-0.05, 0) is 52.9 Å². The zero-order valence-electron chi connectivity index (χ0n) is 16.5. The SMILES string of the molecule is COc1ccc(-c2cc(SC(C(=O)O)c3ccccc3)nc(C3=CC=CC3)c2)cc1. The van der Waals surface area contributed by atoms with Gasteiger partial charge in [-0.3, -0.25) is 4.79 Å². The quantitative estimate of drug-likeness (QED) is 0.478. The number of thioether (sulfide) groups is 1.